The minimum Gasteiger partial charge on any atom is -0.349 e. The number of nitrogens with one attached hydrogen (secondary N) is 1. The summed E-state index contributed by atoms with van der Waals surface area (Å²) in [7, 11) is 0. The van der Waals surface area contributed by atoms with E-state index in [1.54, 1.807) is 0 Å². The number of hydrogen-bond donors (Lipinski definition) is 2. The van der Waals surface area contributed by atoms with Crippen LogP contribution in [0.2, 0.25) is 0 Å². The lowest BCUT2D eigenvalue weighted by atomic mass is 9.82. The minimum atomic E-state index is 0.0820. The Morgan fingerprint density at radius 1 is 1.24 bits per heavy atom. The van der Waals surface area contributed by atoms with E-state index in [1.807, 2.05) is 18.2 Å². The molecule has 3 atom stereocenters. The van der Waals surface area contributed by atoms with Gasteiger partial charge >= 0.3 is 0 Å². The largest absolute Gasteiger partial charge is 0.349 e. The van der Waals surface area contributed by atoms with Gasteiger partial charge in [-0.15, -0.1) is 0 Å². The zero-order valence-electron chi connectivity index (χ0n) is 13.2. The van der Waals surface area contributed by atoms with Gasteiger partial charge in [0.2, 0.25) is 5.91 Å². The van der Waals surface area contributed by atoms with Crippen LogP contribution < -0.4 is 11.1 Å². The molecule has 3 N–H and O–H groups in total. The van der Waals surface area contributed by atoms with E-state index in [9.17, 15) is 4.79 Å². The van der Waals surface area contributed by atoms with Crippen molar-refractivity contribution in [3.05, 3.63) is 35.9 Å². The van der Waals surface area contributed by atoms with E-state index in [-0.39, 0.29) is 18.0 Å². The van der Waals surface area contributed by atoms with Crippen LogP contribution in [0.25, 0.3) is 0 Å². The molecule has 116 valence electrons. The minimum absolute atomic E-state index is 0.0820. The van der Waals surface area contributed by atoms with Crippen LogP contribution in [0.15, 0.2) is 30.3 Å². The monoisotopic (exact) mass is 288 g/mol. The lowest BCUT2D eigenvalue weighted by molar-refractivity contribution is -0.123. The zero-order chi connectivity index (χ0) is 15.2. The maximum Gasteiger partial charge on any atom is 0.220 e. The van der Waals surface area contributed by atoms with Gasteiger partial charge in [0.1, 0.15) is 0 Å². The van der Waals surface area contributed by atoms with Crippen LogP contribution in [0.5, 0.6) is 0 Å². The van der Waals surface area contributed by atoms with Crippen molar-refractivity contribution in [1.82, 2.24) is 5.32 Å². The highest BCUT2D eigenvalue weighted by atomic mass is 16.1. The molecule has 1 aliphatic rings. The van der Waals surface area contributed by atoms with Gasteiger partial charge < -0.3 is 11.1 Å². The molecule has 1 aromatic rings. The smallest absolute Gasteiger partial charge is 0.220 e. The van der Waals surface area contributed by atoms with E-state index in [0.29, 0.717) is 18.3 Å². The maximum absolute atomic E-state index is 12.4. The van der Waals surface area contributed by atoms with Gasteiger partial charge in [-0.2, -0.15) is 0 Å². The van der Waals surface area contributed by atoms with Gasteiger partial charge in [0.15, 0.2) is 0 Å². The molecule has 1 aromatic carbocycles. The van der Waals surface area contributed by atoms with Crippen molar-refractivity contribution in [3.63, 3.8) is 0 Å². The van der Waals surface area contributed by atoms with E-state index in [1.165, 1.54) is 18.4 Å². The van der Waals surface area contributed by atoms with Gasteiger partial charge in [-0.3, -0.25) is 4.79 Å². The second-order valence-electron chi connectivity index (χ2n) is 6.61. The summed E-state index contributed by atoms with van der Waals surface area (Å²) >= 11 is 0. The molecule has 2 rings (SSSR count). The van der Waals surface area contributed by atoms with Gasteiger partial charge in [0, 0.05) is 12.5 Å². The van der Waals surface area contributed by atoms with Crippen LogP contribution in [0.1, 0.15) is 57.6 Å². The van der Waals surface area contributed by atoms with E-state index in [4.69, 9.17) is 5.73 Å². The SMILES string of the molecule is CC(C)C(NC(=O)CC1CCCCC1N)c1ccccc1. The van der Waals surface area contributed by atoms with Crippen molar-refractivity contribution < 1.29 is 4.79 Å². The molecular weight excluding hydrogens is 260 g/mol. The molecule has 1 fully saturated rings. The van der Waals surface area contributed by atoms with Crippen molar-refractivity contribution in [1.29, 1.82) is 0 Å². The highest BCUT2D eigenvalue weighted by molar-refractivity contribution is 5.76. The molecule has 0 bridgehead atoms. The van der Waals surface area contributed by atoms with Gasteiger partial charge in [-0.1, -0.05) is 57.0 Å². The molecule has 1 aliphatic carbocycles. The Morgan fingerprint density at radius 2 is 1.90 bits per heavy atom. The predicted octanol–water partition coefficient (Wildman–Crippen LogP) is 3.41. The highest BCUT2D eigenvalue weighted by Gasteiger charge is 2.26. The van der Waals surface area contributed by atoms with Crippen molar-refractivity contribution in [2.45, 2.75) is 58.0 Å². The average molecular weight is 288 g/mol. The quantitative estimate of drug-likeness (QED) is 0.872. The van der Waals surface area contributed by atoms with E-state index in [0.717, 1.165) is 12.8 Å². The van der Waals surface area contributed by atoms with Gasteiger partial charge in [-0.05, 0) is 30.2 Å². The number of hydrogen-bond acceptors (Lipinski definition) is 2. The maximum atomic E-state index is 12.4. The zero-order valence-corrected chi connectivity index (χ0v) is 13.2. The standard InChI is InChI=1S/C18H28N2O/c1-13(2)18(14-8-4-3-5-9-14)20-17(21)12-15-10-6-7-11-16(15)19/h3-5,8-9,13,15-16,18H,6-7,10-12,19H2,1-2H3,(H,20,21). The first-order valence-electron chi connectivity index (χ1n) is 8.18. The summed E-state index contributed by atoms with van der Waals surface area (Å²) in [5, 5.41) is 3.21. The molecule has 3 nitrogen and oxygen atoms in total. The van der Waals surface area contributed by atoms with Crippen LogP contribution in [0.4, 0.5) is 0 Å². The van der Waals surface area contributed by atoms with Gasteiger partial charge in [0.05, 0.1) is 6.04 Å². The fraction of sp³-hybridized carbons (Fsp3) is 0.611. The third kappa shape index (κ3) is 4.57. The Bertz CT molecular complexity index is 444. The van der Waals surface area contributed by atoms with E-state index < -0.39 is 0 Å². The van der Waals surface area contributed by atoms with Crippen LogP contribution >= 0.6 is 0 Å². The number of nitrogens with two attached hydrogens (primary N) is 1. The summed E-state index contributed by atoms with van der Waals surface area (Å²) in [4.78, 5) is 12.4. The Morgan fingerprint density at radius 3 is 2.52 bits per heavy atom. The summed E-state index contributed by atoms with van der Waals surface area (Å²) in [5.74, 6) is 0.860. The molecule has 1 amide bonds. The fourth-order valence-corrected chi connectivity index (χ4v) is 3.26. The number of rotatable bonds is 5. The molecule has 1 saturated carbocycles. The average Bonchev–Trinajstić information content (AvgIpc) is 2.48. The Balaban J connectivity index is 1.95. The van der Waals surface area contributed by atoms with Crippen LogP contribution in [0.3, 0.4) is 0 Å². The lowest BCUT2D eigenvalue weighted by Crippen LogP contribution is -2.38. The normalized spacial score (nSPS) is 23.8. The van der Waals surface area contributed by atoms with Crippen LogP contribution in [0, 0.1) is 11.8 Å². The second kappa shape index (κ2) is 7.60. The van der Waals surface area contributed by atoms with E-state index in [2.05, 4.69) is 31.3 Å². The van der Waals surface area contributed by atoms with Crippen molar-refractivity contribution >= 4 is 5.91 Å². The summed E-state index contributed by atoms with van der Waals surface area (Å²) in [5.41, 5.74) is 7.32. The summed E-state index contributed by atoms with van der Waals surface area (Å²) < 4.78 is 0. The summed E-state index contributed by atoms with van der Waals surface area (Å²) in [6, 6.07) is 10.5. The van der Waals surface area contributed by atoms with Crippen molar-refractivity contribution in [2.24, 2.45) is 17.6 Å². The third-order valence-electron chi connectivity index (χ3n) is 4.56. The van der Waals surface area contributed by atoms with Crippen molar-refractivity contribution in [2.75, 3.05) is 0 Å². The topological polar surface area (TPSA) is 55.1 Å². The lowest BCUT2D eigenvalue weighted by Gasteiger charge is -2.29. The summed E-state index contributed by atoms with van der Waals surface area (Å²) in [6.45, 7) is 4.29. The number of benzene rings is 1. The summed E-state index contributed by atoms with van der Waals surface area (Å²) in [6.07, 6.45) is 5.13. The fourth-order valence-electron chi connectivity index (χ4n) is 3.26. The predicted molar refractivity (Wildman–Crippen MR) is 86.7 cm³/mol. The first-order valence-corrected chi connectivity index (χ1v) is 8.18. The second-order valence-corrected chi connectivity index (χ2v) is 6.61. The van der Waals surface area contributed by atoms with Gasteiger partial charge in [0.25, 0.3) is 0 Å². The molecule has 0 heterocycles. The molecule has 3 heteroatoms. The Hall–Kier alpha value is -1.35. The van der Waals surface area contributed by atoms with Gasteiger partial charge in [-0.25, -0.2) is 0 Å². The number of carbonyl (C=O) groups is 1. The first-order chi connectivity index (χ1) is 10.1. The first kappa shape index (κ1) is 16.0. The van der Waals surface area contributed by atoms with Crippen LogP contribution in [-0.4, -0.2) is 11.9 Å². The molecular formula is C18H28N2O. The molecule has 0 saturated heterocycles. The highest BCUT2D eigenvalue weighted by Crippen LogP contribution is 2.27. The number of carbonyl (C=O) groups excluding carboxylic acids is 1. The van der Waals surface area contributed by atoms with E-state index >= 15 is 0 Å². The molecule has 21 heavy (non-hydrogen) atoms. The number of amides is 1. The molecule has 0 radical (unpaired) electrons. The molecule has 0 spiro atoms. The Kier molecular flexibility index (Phi) is 5.80. The van der Waals surface area contributed by atoms with Crippen LogP contribution in [-0.2, 0) is 4.79 Å². The molecule has 0 aromatic heterocycles. The molecule has 0 aliphatic heterocycles. The molecule has 3 unspecified atom stereocenters. The van der Waals surface area contributed by atoms with Crippen molar-refractivity contribution in [3.8, 4) is 0 Å². The Labute approximate surface area is 128 Å². The third-order valence-corrected chi connectivity index (χ3v) is 4.56.